The number of nitrogens with zero attached hydrogens (tertiary/aromatic N) is 5. The Morgan fingerprint density at radius 2 is 1.91 bits per heavy atom. The Hall–Kier alpha value is -4.74. The van der Waals surface area contributed by atoms with Crippen molar-refractivity contribution in [2.24, 2.45) is 41.9 Å². The molecule has 0 aliphatic carbocycles. The van der Waals surface area contributed by atoms with Crippen LogP contribution in [0.25, 0.3) is 27.7 Å². The first-order chi connectivity index (χ1) is 30.3. The number of carbonyl (C=O) groups excluding carboxylic acids is 5. The number of thiazole rings is 1. The number of ether oxygens (including phenoxy) is 3. The number of nitrogens with two attached hydrogens (primary N) is 1. The summed E-state index contributed by atoms with van der Waals surface area (Å²) in [5.74, 6) is -3.09. The van der Waals surface area contributed by atoms with E-state index >= 15 is 0 Å². The Morgan fingerprint density at radius 3 is 2.57 bits per heavy atom. The van der Waals surface area contributed by atoms with Gasteiger partial charge in [0.2, 0.25) is 17.7 Å². The topological polar surface area (TPSA) is 191 Å². The molecule has 6 bridgehead atoms. The third kappa shape index (κ3) is 10.9. The maximum Gasteiger partial charge on any atom is 0.409 e. The van der Waals surface area contributed by atoms with E-state index in [1.54, 1.807) is 14.2 Å². The molecule has 0 radical (unpaired) electrons. The summed E-state index contributed by atoms with van der Waals surface area (Å²) in [6.45, 7) is 18.9. The molecule has 5 heterocycles. The van der Waals surface area contributed by atoms with Gasteiger partial charge in [-0.25, -0.2) is 21.3 Å². The molecule has 16 nitrogen and oxygen atoms in total. The van der Waals surface area contributed by atoms with Crippen molar-refractivity contribution in [1.82, 2.24) is 35.1 Å². The molecule has 0 unspecified atom stereocenters. The second-order valence-corrected chi connectivity index (χ2v) is 19.6. The van der Waals surface area contributed by atoms with Crippen LogP contribution in [0.5, 0.6) is 0 Å². The number of likely N-dealkylation sites (N-methyl/N-ethyl adjacent to an activating group) is 1. The van der Waals surface area contributed by atoms with Crippen molar-refractivity contribution in [3.63, 3.8) is 0 Å². The number of hydrogen-bond acceptors (Lipinski definition) is 12. The fraction of sp³-hybridized carbons (Fsp3) is 0.574. The molecule has 4 N–H and O–H groups in total. The SMILES string of the molecule is [CH-]=C/C(=C(\N)[C@H](C)OC)c1c2c3cc(ccc3n1C)-c1csc(n1)C[C@H](CNC(=O)[C@H](C(C)C)N(C)C(=O)[C@@H]1CN(C(=O)OC)C[C@@H]1C)C(=O)N1CCC[C@H](N1)C(=O)OCC(C)(C)C2.[Fe]. The number of likely N-dealkylation sites (tertiary alicyclic amines) is 1. The van der Waals surface area contributed by atoms with E-state index in [0.717, 1.165) is 33.4 Å². The van der Waals surface area contributed by atoms with Crippen LogP contribution in [-0.4, -0.2) is 126 Å². The smallest absolute Gasteiger partial charge is 0.409 e. The summed E-state index contributed by atoms with van der Waals surface area (Å²) in [5.41, 5.74) is 14.8. The van der Waals surface area contributed by atoms with Crippen molar-refractivity contribution in [2.45, 2.75) is 85.4 Å². The van der Waals surface area contributed by atoms with E-state index in [1.807, 2.05) is 66.1 Å². The number of benzene rings is 1. The summed E-state index contributed by atoms with van der Waals surface area (Å²) in [7, 11) is 6.49. The molecule has 6 atom stereocenters. The van der Waals surface area contributed by atoms with Gasteiger partial charge in [0.15, 0.2) is 0 Å². The maximum absolute atomic E-state index is 14.5. The van der Waals surface area contributed by atoms with Crippen LogP contribution in [0.1, 0.15) is 70.6 Å². The second kappa shape index (κ2) is 21.3. The van der Waals surface area contributed by atoms with E-state index in [-0.39, 0.29) is 66.8 Å². The zero-order chi connectivity index (χ0) is 46.8. The Bertz CT molecular complexity index is 2310. The number of fused-ring (bicyclic) bond motifs is 6. The van der Waals surface area contributed by atoms with Gasteiger partial charge in [0.05, 0.1) is 42.4 Å². The third-order valence-electron chi connectivity index (χ3n) is 13.0. The summed E-state index contributed by atoms with van der Waals surface area (Å²) in [6, 6.07) is 4.55. The Kier molecular flexibility index (Phi) is 16.8. The van der Waals surface area contributed by atoms with Crippen LogP contribution in [0.3, 0.4) is 0 Å². The first-order valence-electron chi connectivity index (χ1n) is 22.1. The molecule has 3 aliphatic rings. The van der Waals surface area contributed by atoms with E-state index in [0.29, 0.717) is 48.6 Å². The number of esters is 1. The molecule has 2 aromatic heterocycles. The van der Waals surface area contributed by atoms with Gasteiger partial charge in [-0.1, -0.05) is 40.7 Å². The minimum absolute atomic E-state index is 0. The number of hydrazine groups is 1. The van der Waals surface area contributed by atoms with Gasteiger partial charge in [0.1, 0.15) is 12.1 Å². The molecule has 0 saturated carbocycles. The van der Waals surface area contributed by atoms with Gasteiger partial charge < -0.3 is 39.6 Å². The fourth-order valence-corrected chi connectivity index (χ4v) is 10.2. The van der Waals surface area contributed by atoms with Gasteiger partial charge in [-0.05, 0) is 67.1 Å². The molecule has 2 saturated heterocycles. The van der Waals surface area contributed by atoms with Crippen LogP contribution in [0.4, 0.5) is 4.79 Å². The molecule has 18 heteroatoms. The molecule has 3 aromatic rings. The van der Waals surface area contributed by atoms with Crippen LogP contribution in [-0.2, 0) is 70.3 Å². The van der Waals surface area contributed by atoms with Crippen molar-refractivity contribution in [2.75, 3.05) is 54.1 Å². The third-order valence-corrected chi connectivity index (χ3v) is 13.9. The average Bonchev–Trinajstić information content (AvgIpc) is 3.98. The Morgan fingerprint density at radius 1 is 1.18 bits per heavy atom. The number of aryl methyl sites for hydroxylation is 1. The summed E-state index contributed by atoms with van der Waals surface area (Å²) in [5, 5.41) is 8.11. The number of rotatable bonds is 10. The number of cyclic esters (lactones) is 1. The number of methoxy groups -OCH3 is 2. The summed E-state index contributed by atoms with van der Waals surface area (Å²) in [6.07, 6.45) is 2.36. The average molecular weight is 958 g/mol. The maximum atomic E-state index is 14.5. The summed E-state index contributed by atoms with van der Waals surface area (Å²) in [4.78, 5) is 76.6. The molecule has 3 aliphatic heterocycles. The monoisotopic (exact) mass is 957 g/mol. The van der Waals surface area contributed by atoms with Gasteiger partial charge >= 0.3 is 12.1 Å². The van der Waals surface area contributed by atoms with E-state index in [4.69, 9.17) is 31.5 Å². The number of allylic oxidation sites excluding steroid dienone is 2. The van der Waals surface area contributed by atoms with E-state index < -0.39 is 53.4 Å². The van der Waals surface area contributed by atoms with Crippen LogP contribution >= 0.6 is 11.3 Å². The molecule has 6 rings (SSSR count). The molecule has 1 aromatic carbocycles. The van der Waals surface area contributed by atoms with Crippen molar-refractivity contribution in [1.29, 1.82) is 0 Å². The van der Waals surface area contributed by atoms with Gasteiger partial charge in [0, 0.05) is 98.1 Å². The Balaban J connectivity index is 0.00000793. The van der Waals surface area contributed by atoms with Crippen molar-refractivity contribution in [3.8, 4) is 11.3 Å². The van der Waals surface area contributed by atoms with Crippen LogP contribution < -0.4 is 16.5 Å². The summed E-state index contributed by atoms with van der Waals surface area (Å²) >= 11 is 1.43. The zero-order valence-corrected chi connectivity index (χ0v) is 41.1. The molecule has 356 valence electrons. The van der Waals surface area contributed by atoms with Crippen LogP contribution in [0, 0.1) is 35.7 Å². The zero-order valence-electron chi connectivity index (χ0n) is 39.2. The molecule has 0 spiro atoms. The van der Waals surface area contributed by atoms with Crippen LogP contribution in [0.2, 0.25) is 0 Å². The van der Waals surface area contributed by atoms with Gasteiger partial charge in [0.25, 0.3) is 0 Å². The molecular weight excluding hydrogens is 892 g/mol. The number of aromatic nitrogens is 2. The fourth-order valence-electron chi connectivity index (χ4n) is 9.31. The largest absolute Gasteiger partial charge is 0.464 e. The van der Waals surface area contributed by atoms with Gasteiger partial charge in [-0.2, -0.15) is 0 Å². The van der Waals surface area contributed by atoms with E-state index in [1.165, 1.54) is 39.3 Å². The number of nitrogens with one attached hydrogen (secondary N) is 2. The van der Waals surface area contributed by atoms with Gasteiger partial charge in [-0.3, -0.25) is 30.8 Å². The standard InChI is InChI=1S/C47H65N8O8S.Fe/c1-12-31(39(48)28(5)61-10)41-33-20-47(6,7)25-63-45(59)35-14-13-17-55(51-35)43(57)30(19-38-50-36(24-64-38)29-15-16-37(52(41)8)32(33)18-29)21-49-42(56)40(26(2)3)53(9)44(58)34-23-54(22-27(34)4)46(60)62-11;/h1,12,15-16,18,24,26-28,30,34-35,40,51H,13-14,17,19-23,25,48H2,2-11H3,(H,49,56);/q-1;/b39-31+;/t27-,28-,30+,34+,35-,40-;/m0./s1. The quantitative estimate of drug-likeness (QED) is 0.111. The second-order valence-electron chi connectivity index (χ2n) is 18.7. The first-order valence-corrected chi connectivity index (χ1v) is 22.9. The van der Waals surface area contributed by atoms with Crippen molar-refractivity contribution >= 4 is 57.6 Å². The normalized spacial score (nSPS) is 22.6. The minimum Gasteiger partial charge on any atom is -0.464 e. The van der Waals surface area contributed by atoms with Gasteiger partial charge in [-0.15, -0.1) is 16.9 Å². The molecule has 65 heavy (non-hydrogen) atoms. The number of amides is 4. The van der Waals surface area contributed by atoms with Crippen molar-refractivity contribution < 1.29 is 55.3 Å². The van der Waals surface area contributed by atoms with E-state index in [9.17, 15) is 24.0 Å². The van der Waals surface area contributed by atoms with E-state index in [2.05, 4.69) is 21.4 Å². The van der Waals surface area contributed by atoms with Crippen LogP contribution in [0.15, 0.2) is 35.4 Å². The molecular formula is C47H65FeN8O8S-. The first kappa shape index (κ1) is 51.2. The minimum atomic E-state index is -0.850. The Labute approximate surface area is 397 Å². The number of hydrogen-bond donors (Lipinski definition) is 3. The molecule has 4 amide bonds. The predicted molar refractivity (Wildman–Crippen MR) is 245 cm³/mol. The number of carbonyl (C=O) groups is 5. The summed E-state index contributed by atoms with van der Waals surface area (Å²) < 4.78 is 18.6. The predicted octanol–water partition coefficient (Wildman–Crippen LogP) is 4.71. The van der Waals surface area contributed by atoms with Crippen molar-refractivity contribution in [3.05, 3.63) is 58.2 Å². The molecule has 2 fully saturated rings.